The molecule has 1 saturated heterocycles. The fraction of sp³-hybridized carbons (Fsp3) is 0.500. The molecule has 2 aliphatic rings. The van der Waals surface area contributed by atoms with E-state index in [1.165, 1.54) is 18.4 Å². The summed E-state index contributed by atoms with van der Waals surface area (Å²) in [6.07, 6.45) is 5.12. The molecule has 4 rings (SSSR count). The van der Waals surface area contributed by atoms with Crippen LogP contribution < -0.4 is 5.32 Å². The molecule has 2 heterocycles. The lowest BCUT2D eigenvalue weighted by Gasteiger charge is -2.23. The highest BCUT2D eigenvalue weighted by molar-refractivity contribution is 5.94. The van der Waals surface area contributed by atoms with Crippen LogP contribution in [-0.2, 0) is 19.4 Å². The Labute approximate surface area is 148 Å². The summed E-state index contributed by atoms with van der Waals surface area (Å²) < 4.78 is 5.56. The first kappa shape index (κ1) is 16.3. The summed E-state index contributed by atoms with van der Waals surface area (Å²) >= 11 is 0. The van der Waals surface area contributed by atoms with Crippen LogP contribution >= 0.6 is 0 Å². The Balaban J connectivity index is 1.42. The van der Waals surface area contributed by atoms with Crippen molar-refractivity contribution >= 4 is 5.91 Å². The minimum atomic E-state index is 0.00555. The summed E-state index contributed by atoms with van der Waals surface area (Å²) in [5, 5.41) is 7.50. The van der Waals surface area contributed by atoms with E-state index in [0.29, 0.717) is 0 Å². The van der Waals surface area contributed by atoms with Crippen LogP contribution in [0, 0.1) is 6.92 Å². The molecule has 1 amide bonds. The second-order valence-electron chi connectivity index (χ2n) is 7.29. The highest BCUT2D eigenvalue weighted by Crippen LogP contribution is 2.26. The van der Waals surface area contributed by atoms with Crippen LogP contribution in [0.2, 0.25) is 0 Å². The number of aryl methyl sites for hydroxylation is 2. The molecule has 1 aliphatic carbocycles. The zero-order chi connectivity index (χ0) is 17.2. The van der Waals surface area contributed by atoms with Crippen LogP contribution in [0.15, 0.2) is 28.8 Å². The first-order valence-electron chi connectivity index (χ1n) is 9.25. The van der Waals surface area contributed by atoms with Gasteiger partial charge in [-0.15, -0.1) is 0 Å². The van der Waals surface area contributed by atoms with Crippen molar-refractivity contribution in [1.29, 1.82) is 0 Å². The number of amides is 1. The third kappa shape index (κ3) is 3.61. The normalized spacial score (nSPS) is 20.4. The number of hydrogen-bond acceptors (Lipinski definition) is 4. The van der Waals surface area contributed by atoms with Crippen LogP contribution in [0.4, 0.5) is 0 Å². The lowest BCUT2D eigenvalue weighted by Crippen LogP contribution is -2.39. The first-order chi connectivity index (χ1) is 12.2. The molecule has 1 N–H and O–H groups in total. The number of benzene rings is 1. The maximum absolute atomic E-state index is 12.5. The molecule has 25 heavy (non-hydrogen) atoms. The van der Waals surface area contributed by atoms with Gasteiger partial charge in [0.2, 0.25) is 0 Å². The summed E-state index contributed by atoms with van der Waals surface area (Å²) in [6.45, 7) is 5.19. The molecule has 5 heteroatoms. The highest BCUT2D eigenvalue weighted by Gasteiger charge is 2.28. The van der Waals surface area contributed by atoms with E-state index in [4.69, 9.17) is 4.52 Å². The van der Waals surface area contributed by atoms with E-state index in [1.54, 1.807) is 0 Å². The van der Waals surface area contributed by atoms with Crippen molar-refractivity contribution in [3.8, 4) is 0 Å². The molecule has 1 unspecified atom stereocenters. The number of likely N-dealkylation sites (tertiary alicyclic amines) is 1. The third-order valence-corrected chi connectivity index (χ3v) is 5.34. The van der Waals surface area contributed by atoms with Gasteiger partial charge in [-0.2, -0.15) is 0 Å². The Morgan fingerprint density at radius 1 is 1.28 bits per heavy atom. The molecule has 1 aromatic heterocycles. The maximum Gasteiger partial charge on any atom is 0.251 e. The lowest BCUT2D eigenvalue weighted by atomic mass is 9.91. The predicted octanol–water partition coefficient (Wildman–Crippen LogP) is 2.87. The first-order valence-corrected chi connectivity index (χ1v) is 9.25. The molecule has 1 aromatic carbocycles. The number of rotatable bonds is 4. The van der Waals surface area contributed by atoms with Gasteiger partial charge < -0.3 is 9.84 Å². The number of carbonyl (C=O) groups excluding carboxylic acids is 1. The molecule has 2 aromatic rings. The van der Waals surface area contributed by atoms with Gasteiger partial charge in [0.05, 0.1) is 0 Å². The lowest BCUT2D eigenvalue weighted by molar-refractivity contribution is 0.0932. The second-order valence-corrected chi connectivity index (χ2v) is 7.29. The number of aromatic nitrogens is 1. The number of hydrogen-bond donors (Lipinski definition) is 1. The topological polar surface area (TPSA) is 58.4 Å². The Kier molecular flexibility index (Phi) is 4.57. The van der Waals surface area contributed by atoms with Crippen LogP contribution in [0.5, 0.6) is 0 Å². The summed E-state index contributed by atoms with van der Waals surface area (Å²) in [4.78, 5) is 14.9. The smallest absolute Gasteiger partial charge is 0.251 e. The average Bonchev–Trinajstić information content (AvgIpc) is 3.26. The summed E-state index contributed by atoms with van der Waals surface area (Å²) in [7, 11) is 0. The van der Waals surface area contributed by atoms with Gasteiger partial charge in [-0.25, -0.2) is 0 Å². The van der Waals surface area contributed by atoms with E-state index in [9.17, 15) is 4.79 Å². The van der Waals surface area contributed by atoms with E-state index >= 15 is 0 Å². The van der Waals surface area contributed by atoms with Gasteiger partial charge in [-0.1, -0.05) is 22.9 Å². The fourth-order valence-corrected chi connectivity index (χ4v) is 3.84. The Hall–Kier alpha value is -2.14. The zero-order valence-corrected chi connectivity index (χ0v) is 14.8. The SMILES string of the molecule is Cc1ccc(C(=O)NC2CCc3onc(CN4CCCC4)c3C2)cc1. The molecule has 0 spiro atoms. The molecule has 1 atom stereocenters. The molecule has 1 aliphatic heterocycles. The van der Waals surface area contributed by atoms with Crippen molar-refractivity contribution in [2.75, 3.05) is 13.1 Å². The van der Waals surface area contributed by atoms with E-state index in [1.807, 2.05) is 31.2 Å². The Morgan fingerprint density at radius 3 is 2.80 bits per heavy atom. The van der Waals surface area contributed by atoms with Crippen LogP contribution in [-0.4, -0.2) is 35.1 Å². The summed E-state index contributed by atoms with van der Waals surface area (Å²) in [6, 6.07) is 7.87. The van der Waals surface area contributed by atoms with Gasteiger partial charge in [-0.3, -0.25) is 9.69 Å². The molecule has 132 valence electrons. The molecule has 5 nitrogen and oxygen atoms in total. The van der Waals surface area contributed by atoms with Crippen LogP contribution in [0.1, 0.15) is 52.2 Å². The van der Waals surface area contributed by atoms with E-state index in [2.05, 4.69) is 15.4 Å². The Bertz CT molecular complexity index is 745. The molecule has 0 bridgehead atoms. The minimum absolute atomic E-state index is 0.00555. The third-order valence-electron chi connectivity index (χ3n) is 5.34. The Morgan fingerprint density at radius 2 is 2.04 bits per heavy atom. The predicted molar refractivity (Wildman–Crippen MR) is 95.5 cm³/mol. The number of fused-ring (bicyclic) bond motifs is 1. The molecule has 0 saturated carbocycles. The van der Waals surface area contributed by atoms with Gasteiger partial charge in [0.25, 0.3) is 5.91 Å². The van der Waals surface area contributed by atoms with Gasteiger partial charge in [0.15, 0.2) is 0 Å². The van der Waals surface area contributed by atoms with E-state index < -0.39 is 0 Å². The monoisotopic (exact) mass is 339 g/mol. The second kappa shape index (κ2) is 7.00. The molecular formula is C20H25N3O2. The molecular weight excluding hydrogens is 314 g/mol. The van der Waals surface area contributed by atoms with Crippen molar-refractivity contribution in [2.45, 2.75) is 51.6 Å². The van der Waals surface area contributed by atoms with Gasteiger partial charge in [0, 0.05) is 30.1 Å². The van der Waals surface area contributed by atoms with Crippen molar-refractivity contribution in [2.24, 2.45) is 0 Å². The average molecular weight is 339 g/mol. The van der Waals surface area contributed by atoms with E-state index in [-0.39, 0.29) is 11.9 Å². The largest absolute Gasteiger partial charge is 0.361 e. The highest BCUT2D eigenvalue weighted by atomic mass is 16.5. The maximum atomic E-state index is 12.5. The molecule has 0 radical (unpaired) electrons. The van der Waals surface area contributed by atoms with Crippen molar-refractivity contribution in [1.82, 2.24) is 15.4 Å². The number of nitrogens with one attached hydrogen (secondary N) is 1. The fourth-order valence-electron chi connectivity index (χ4n) is 3.84. The summed E-state index contributed by atoms with van der Waals surface area (Å²) in [5.41, 5.74) is 4.16. The minimum Gasteiger partial charge on any atom is -0.361 e. The quantitative estimate of drug-likeness (QED) is 0.930. The van der Waals surface area contributed by atoms with Gasteiger partial charge in [-0.05, 0) is 57.8 Å². The standard InChI is InChI=1S/C20H25N3O2/c1-14-4-6-15(7-5-14)20(24)21-16-8-9-19-17(12-16)18(22-25-19)13-23-10-2-3-11-23/h4-7,16H,2-3,8-13H2,1H3,(H,21,24). The van der Waals surface area contributed by atoms with Crippen LogP contribution in [0.3, 0.4) is 0 Å². The van der Waals surface area contributed by atoms with Crippen molar-refractivity contribution in [3.63, 3.8) is 0 Å². The number of carbonyl (C=O) groups is 1. The number of nitrogens with zero attached hydrogens (tertiary/aromatic N) is 2. The van der Waals surface area contributed by atoms with Gasteiger partial charge in [0.1, 0.15) is 11.5 Å². The van der Waals surface area contributed by atoms with E-state index in [0.717, 1.165) is 61.5 Å². The van der Waals surface area contributed by atoms with Crippen molar-refractivity contribution in [3.05, 3.63) is 52.4 Å². The molecule has 1 fully saturated rings. The zero-order valence-electron chi connectivity index (χ0n) is 14.8. The van der Waals surface area contributed by atoms with Crippen molar-refractivity contribution < 1.29 is 9.32 Å². The van der Waals surface area contributed by atoms with Gasteiger partial charge >= 0.3 is 0 Å². The summed E-state index contributed by atoms with van der Waals surface area (Å²) in [5.74, 6) is 1.01. The van der Waals surface area contributed by atoms with Crippen LogP contribution in [0.25, 0.3) is 0 Å².